The Hall–Kier alpha value is -3.05. The second-order valence-corrected chi connectivity index (χ2v) is 8.98. The lowest BCUT2D eigenvalue weighted by molar-refractivity contribution is -0.161. The fourth-order valence-corrected chi connectivity index (χ4v) is 5.00. The number of hydrogen-bond donors (Lipinski definition) is 0. The van der Waals surface area contributed by atoms with Crippen LogP contribution in [0.3, 0.4) is 0 Å². The van der Waals surface area contributed by atoms with E-state index in [2.05, 4.69) is 16.6 Å². The van der Waals surface area contributed by atoms with E-state index in [1.807, 2.05) is 26.0 Å². The summed E-state index contributed by atoms with van der Waals surface area (Å²) in [5.41, 5.74) is 3.33. The van der Waals surface area contributed by atoms with Crippen LogP contribution in [0.1, 0.15) is 61.8 Å². The number of ketones is 1. The van der Waals surface area contributed by atoms with E-state index in [0.29, 0.717) is 43.7 Å². The Morgan fingerprint density at radius 1 is 1.15 bits per heavy atom. The van der Waals surface area contributed by atoms with Crippen LogP contribution < -0.4 is 0 Å². The van der Waals surface area contributed by atoms with Crippen molar-refractivity contribution in [2.75, 3.05) is 19.7 Å². The molecule has 6 nitrogen and oxygen atoms in total. The van der Waals surface area contributed by atoms with E-state index in [-0.39, 0.29) is 12.2 Å². The van der Waals surface area contributed by atoms with Crippen molar-refractivity contribution in [1.82, 2.24) is 4.90 Å². The van der Waals surface area contributed by atoms with Crippen molar-refractivity contribution in [2.45, 2.75) is 60.0 Å². The highest BCUT2D eigenvalue weighted by Gasteiger charge is 2.44. The number of nitrogens with zero attached hydrogens (tertiary/aromatic N) is 1. The summed E-state index contributed by atoms with van der Waals surface area (Å²) in [6.45, 7) is 3.85. The number of ether oxygens (including phenoxy) is 2. The Morgan fingerprint density at radius 2 is 1.76 bits per heavy atom. The molecule has 1 amide bonds. The number of rotatable bonds is 5. The summed E-state index contributed by atoms with van der Waals surface area (Å²) in [6.07, 6.45) is 1.65. The molecule has 0 radical (unpaired) electrons. The highest BCUT2D eigenvalue weighted by molar-refractivity contribution is 6.23. The molecule has 0 atom stereocenters. The third kappa shape index (κ3) is 5.71. The van der Waals surface area contributed by atoms with E-state index in [1.54, 1.807) is 6.92 Å². The van der Waals surface area contributed by atoms with Gasteiger partial charge in [0.05, 0.1) is 5.57 Å². The Bertz CT molecular complexity index is 1070. The molecule has 34 heavy (non-hydrogen) atoms. The maximum absolute atomic E-state index is 13.5. The fourth-order valence-electron chi connectivity index (χ4n) is 5.00. The number of Topliss-reactive ketones (excluding diaryl/α,β-unsaturated/α-hetero) is 1. The zero-order valence-corrected chi connectivity index (χ0v) is 19.9. The van der Waals surface area contributed by atoms with Gasteiger partial charge in [0.15, 0.2) is 5.78 Å². The molecular formula is C26H29F2NO5. The highest BCUT2D eigenvalue weighted by Crippen LogP contribution is 2.48. The number of halogens is 2. The molecule has 1 fully saturated rings. The molecule has 0 bridgehead atoms. The van der Waals surface area contributed by atoms with Crippen LogP contribution in [0.15, 0.2) is 17.9 Å². The summed E-state index contributed by atoms with van der Waals surface area (Å²) in [5.74, 6) is 5.14. The van der Waals surface area contributed by atoms with Gasteiger partial charge in [-0.25, -0.2) is 0 Å². The molecule has 0 aromatic heterocycles. The largest absolute Gasteiger partial charge is 0.430 e. The number of hydrogen-bond acceptors (Lipinski definition) is 5. The number of aryl methyl sites for hydroxylation is 2. The van der Waals surface area contributed by atoms with Gasteiger partial charge in [0.1, 0.15) is 12.4 Å². The van der Waals surface area contributed by atoms with E-state index in [4.69, 9.17) is 4.74 Å². The van der Waals surface area contributed by atoms with Crippen molar-refractivity contribution in [3.63, 3.8) is 0 Å². The summed E-state index contributed by atoms with van der Waals surface area (Å²) in [6, 6.07) is 3.83. The quantitative estimate of drug-likeness (QED) is 0.474. The standard InChI is InChI=1S/C26H29F2NO5/c1-5-6-19-11-16(2)23(17(3)12-19)24-20(31)13-26(14-21(24)34-18(4)30)7-9-29(10-8-26)22(32)15-33-25(27)28/h11-12,25H,7-10,13-15H2,1-4H3. The lowest BCUT2D eigenvalue weighted by Crippen LogP contribution is -2.46. The van der Waals surface area contributed by atoms with Crippen LogP contribution in [-0.4, -0.2) is 48.9 Å². The first-order valence-electron chi connectivity index (χ1n) is 11.2. The first-order chi connectivity index (χ1) is 16.0. The molecule has 0 unspecified atom stereocenters. The normalized spacial score (nSPS) is 17.6. The van der Waals surface area contributed by atoms with Crippen LogP contribution in [0.25, 0.3) is 5.57 Å². The van der Waals surface area contributed by atoms with Crippen molar-refractivity contribution in [2.24, 2.45) is 5.41 Å². The van der Waals surface area contributed by atoms with Crippen molar-refractivity contribution in [1.29, 1.82) is 0 Å². The van der Waals surface area contributed by atoms with Gasteiger partial charge >= 0.3 is 12.6 Å². The highest BCUT2D eigenvalue weighted by atomic mass is 19.3. The first kappa shape index (κ1) is 25.6. The van der Waals surface area contributed by atoms with Crippen molar-refractivity contribution >= 4 is 23.2 Å². The predicted molar refractivity (Wildman–Crippen MR) is 122 cm³/mol. The molecule has 0 saturated carbocycles. The van der Waals surface area contributed by atoms with Gasteiger partial charge in [-0.2, -0.15) is 8.78 Å². The number of alkyl halides is 2. The number of esters is 1. The number of allylic oxidation sites excluding steroid dienone is 2. The second kappa shape index (κ2) is 10.5. The molecule has 1 spiro atoms. The predicted octanol–water partition coefficient (Wildman–Crippen LogP) is 4.16. The number of carbonyl (C=O) groups excluding carboxylic acids is 3. The van der Waals surface area contributed by atoms with Crippen LogP contribution in [0.2, 0.25) is 0 Å². The van der Waals surface area contributed by atoms with Crippen LogP contribution >= 0.6 is 0 Å². The summed E-state index contributed by atoms with van der Waals surface area (Å²) in [7, 11) is 0. The molecule has 182 valence electrons. The zero-order chi connectivity index (χ0) is 25.0. The Labute approximate surface area is 198 Å². The molecule has 0 N–H and O–H groups in total. The molecule has 1 aromatic carbocycles. The Morgan fingerprint density at radius 3 is 2.29 bits per heavy atom. The molecule has 1 heterocycles. The number of likely N-dealkylation sites (tertiary alicyclic amines) is 1. The SMILES string of the molecule is CC#Cc1cc(C)c(C2=C(OC(C)=O)CC3(CCN(C(=O)COC(F)F)CC3)CC2=O)c(C)c1. The van der Waals surface area contributed by atoms with Gasteiger partial charge in [-0.05, 0) is 67.9 Å². The van der Waals surface area contributed by atoms with Gasteiger partial charge in [0, 0.05) is 38.4 Å². The number of benzene rings is 1. The number of amides is 1. The Kier molecular flexibility index (Phi) is 7.88. The van der Waals surface area contributed by atoms with Crippen LogP contribution in [-0.2, 0) is 23.9 Å². The molecule has 1 aromatic rings. The lowest BCUT2D eigenvalue weighted by atomic mass is 9.66. The second-order valence-electron chi connectivity index (χ2n) is 8.98. The lowest BCUT2D eigenvalue weighted by Gasteiger charge is -2.44. The average Bonchev–Trinajstić information content (AvgIpc) is 2.73. The van der Waals surface area contributed by atoms with E-state index in [1.165, 1.54) is 11.8 Å². The van der Waals surface area contributed by atoms with Crippen LogP contribution in [0, 0.1) is 31.1 Å². The number of carbonyl (C=O) groups is 3. The maximum Gasteiger partial charge on any atom is 0.345 e. The topological polar surface area (TPSA) is 72.9 Å². The summed E-state index contributed by atoms with van der Waals surface area (Å²) in [5, 5.41) is 0. The summed E-state index contributed by atoms with van der Waals surface area (Å²) < 4.78 is 34.2. The summed E-state index contributed by atoms with van der Waals surface area (Å²) >= 11 is 0. The van der Waals surface area contributed by atoms with Gasteiger partial charge in [-0.1, -0.05) is 5.92 Å². The minimum Gasteiger partial charge on any atom is -0.430 e. The maximum atomic E-state index is 13.5. The van der Waals surface area contributed by atoms with Crippen molar-refractivity contribution < 1.29 is 32.6 Å². The minimum absolute atomic E-state index is 0.108. The van der Waals surface area contributed by atoms with Gasteiger partial charge in [0.25, 0.3) is 0 Å². The summed E-state index contributed by atoms with van der Waals surface area (Å²) in [4.78, 5) is 39.1. The molecule has 1 saturated heterocycles. The molecule has 3 rings (SSSR count). The van der Waals surface area contributed by atoms with E-state index < -0.39 is 30.5 Å². The minimum atomic E-state index is -3.00. The Balaban J connectivity index is 1.90. The zero-order valence-electron chi connectivity index (χ0n) is 19.9. The third-order valence-corrected chi connectivity index (χ3v) is 6.46. The smallest absolute Gasteiger partial charge is 0.345 e. The van der Waals surface area contributed by atoms with E-state index >= 15 is 0 Å². The van der Waals surface area contributed by atoms with Gasteiger partial charge in [-0.3, -0.25) is 14.4 Å². The molecular weight excluding hydrogens is 444 g/mol. The van der Waals surface area contributed by atoms with Gasteiger partial charge in [-0.15, -0.1) is 5.92 Å². The van der Waals surface area contributed by atoms with Crippen LogP contribution in [0.4, 0.5) is 8.78 Å². The van der Waals surface area contributed by atoms with Gasteiger partial charge in [0.2, 0.25) is 5.91 Å². The molecule has 1 aliphatic heterocycles. The number of piperidine rings is 1. The van der Waals surface area contributed by atoms with E-state index in [9.17, 15) is 23.2 Å². The molecule has 8 heteroatoms. The van der Waals surface area contributed by atoms with Crippen molar-refractivity contribution in [3.05, 3.63) is 40.1 Å². The fraction of sp³-hybridized carbons (Fsp3) is 0.500. The first-order valence-corrected chi connectivity index (χ1v) is 11.2. The van der Waals surface area contributed by atoms with E-state index in [0.717, 1.165) is 22.3 Å². The monoisotopic (exact) mass is 473 g/mol. The van der Waals surface area contributed by atoms with Crippen molar-refractivity contribution in [3.8, 4) is 11.8 Å². The third-order valence-electron chi connectivity index (χ3n) is 6.46. The molecule has 1 aliphatic carbocycles. The van der Waals surface area contributed by atoms with Gasteiger partial charge < -0.3 is 14.4 Å². The molecule has 2 aliphatic rings. The van der Waals surface area contributed by atoms with Crippen LogP contribution in [0.5, 0.6) is 0 Å². The average molecular weight is 474 g/mol.